The van der Waals surface area contributed by atoms with E-state index in [1.54, 1.807) is 24.3 Å². The van der Waals surface area contributed by atoms with Gasteiger partial charge in [-0.3, -0.25) is 9.52 Å². The minimum absolute atomic E-state index is 0.114. The van der Waals surface area contributed by atoms with Crippen LogP contribution in [0.4, 0.5) is 11.4 Å². The Balaban J connectivity index is 2.75. The zero-order valence-corrected chi connectivity index (χ0v) is 12.3. The second-order valence-electron chi connectivity index (χ2n) is 4.90. The Bertz CT molecular complexity index is 539. The van der Waals surface area contributed by atoms with Crippen molar-refractivity contribution in [2.24, 2.45) is 5.92 Å². The highest BCUT2D eigenvalue weighted by Crippen LogP contribution is 2.22. The van der Waals surface area contributed by atoms with E-state index in [1.165, 1.54) is 0 Å². The standard InChI is InChI=1S/C13H20N2O3S/c1-10(2)8-9-13(16)14-11-6-4-5-7-12(11)15-19(3,17)18/h4-7,10,15H,8-9H2,1-3H3,(H,14,16). The lowest BCUT2D eigenvalue weighted by atomic mass is 10.1. The zero-order valence-electron chi connectivity index (χ0n) is 11.4. The number of carbonyl (C=O) groups is 1. The number of para-hydroxylation sites is 2. The van der Waals surface area contributed by atoms with Gasteiger partial charge in [0, 0.05) is 6.42 Å². The molecule has 0 saturated carbocycles. The number of hydrogen-bond acceptors (Lipinski definition) is 3. The molecule has 1 aromatic rings. The van der Waals surface area contributed by atoms with Crippen molar-refractivity contribution in [2.45, 2.75) is 26.7 Å². The molecule has 0 aromatic heterocycles. The van der Waals surface area contributed by atoms with Gasteiger partial charge in [0.15, 0.2) is 0 Å². The molecule has 6 heteroatoms. The van der Waals surface area contributed by atoms with Gasteiger partial charge in [0.2, 0.25) is 15.9 Å². The van der Waals surface area contributed by atoms with E-state index in [0.717, 1.165) is 12.7 Å². The van der Waals surface area contributed by atoms with Gasteiger partial charge in [0.1, 0.15) is 0 Å². The molecule has 106 valence electrons. The van der Waals surface area contributed by atoms with Crippen molar-refractivity contribution in [1.29, 1.82) is 0 Å². The highest BCUT2D eigenvalue weighted by Gasteiger charge is 2.10. The summed E-state index contributed by atoms with van der Waals surface area (Å²) in [7, 11) is -3.36. The second kappa shape index (κ2) is 6.56. The quantitative estimate of drug-likeness (QED) is 0.842. The lowest BCUT2D eigenvalue weighted by Gasteiger charge is -2.12. The molecule has 19 heavy (non-hydrogen) atoms. The maximum absolute atomic E-state index is 11.7. The lowest BCUT2D eigenvalue weighted by molar-refractivity contribution is -0.116. The van der Waals surface area contributed by atoms with E-state index in [2.05, 4.69) is 10.0 Å². The summed E-state index contributed by atoms with van der Waals surface area (Å²) in [6.45, 7) is 4.10. The topological polar surface area (TPSA) is 75.3 Å². The molecule has 1 rings (SSSR count). The van der Waals surface area contributed by atoms with E-state index in [1.807, 2.05) is 13.8 Å². The van der Waals surface area contributed by atoms with Gasteiger partial charge in [-0.25, -0.2) is 8.42 Å². The zero-order chi connectivity index (χ0) is 14.5. The van der Waals surface area contributed by atoms with Crippen molar-refractivity contribution in [3.8, 4) is 0 Å². The smallest absolute Gasteiger partial charge is 0.229 e. The van der Waals surface area contributed by atoms with E-state index >= 15 is 0 Å². The van der Waals surface area contributed by atoms with Crippen molar-refractivity contribution < 1.29 is 13.2 Å². The Hall–Kier alpha value is -1.56. The largest absolute Gasteiger partial charge is 0.324 e. The molecule has 0 spiro atoms. The molecule has 0 bridgehead atoms. The summed E-state index contributed by atoms with van der Waals surface area (Å²) >= 11 is 0. The number of hydrogen-bond donors (Lipinski definition) is 2. The van der Waals surface area contributed by atoms with Gasteiger partial charge in [-0.15, -0.1) is 0 Å². The third kappa shape index (κ3) is 6.24. The van der Waals surface area contributed by atoms with Gasteiger partial charge in [-0.2, -0.15) is 0 Å². The van der Waals surface area contributed by atoms with E-state index in [9.17, 15) is 13.2 Å². The van der Waals surface area contributed by atoms with Crippen LogP contribution in [0.25, 0.3) is 0 Å². The highest BCUT2D eigenvalue weighted by molar-refractivity contribution is 7.92. The fourth-order valence-corrected chi connectivity index (χ4v) is 2.09. The molecule has 0 aliphatic carbocycles. The molecule has 1 amide bonds. The first-order valence-corrected chi connectivity index (χ1v) is 8.04. The normalized spacial score (nSPS) is 11.4. The SMILES string of the molecule is CC(C)CCC(=O)Nc1ccccc1NS(C)(=O)=O. The van der Waals surface area contributed by atoms with Crippen molar-refractivity contribution in [3.63, 3.8) is 0 Å². The van der Waals surface area contributed by atoms with Crippen molar-refractivity contribution in [1.82, 2.24) is 0 Å². The van der Waals surface area contributed by atoms with Crippen LogP contribution in [0.5, 0.6) is 0 Å². The van der Waals surface area contributed by atoms with Crippen LogP contribution in [0.2, 0.25) is 0 Å². The summed E-state index contributed by atoms with van der Waals surface area (Å²) in [6.07, 6.45) is 2.29. The summed E-state index contributed by atoms with van der Waals surface area (Å²) < 4.78 is 24.8. The number of rotatable bonds is 6. The van der Waals surface area contributed by atoms with Gasteiger partial charge in [-0.05, 0) is 24.5 Å². The van der Waals surface area contributed by atoms with Gasteiger partial charge < -0.3 is 5.32 Å². The molecule has 0 fully saturated rings. The van der Waals surface area contributed by atoms with Crippen molar-refractivity contribution >= 4 is 27.3 Å². The third-order valence-corrected chi connectivity index (χ3v) is 3.04. The fraction of sp³-hybridized carbons (Fsp3) is 0.462. The summed E-state index contributed by atoms with van der Waals surface area (Å²) in [4.78, 5) is 11.7. The number of benzene rings is 1. The summed E-state index contributed by atoms with van der Waals surface area (Å²) in [5.74, 6) is 0.339. The molecule has 0 aliphatic rings. The summed E-state index contributed by atoms with van der Waals surface area (Å²) in [5, 5.41) is 2.72. The maximum atomic E-state index is 11.7. The Morgan fingerprint density at radius 3 is 2.32 bits per heavy atom. The molecule has 5 nitrogen and oxygen atoms in total. The van der Waals surface area contributed by atoms with Crippen LogP contribution < -0.4 is 10.0 Å². The van der Waals surface area contributed by atoms with E-state index in [0.29, 0.717) is 23.7 Å². The van der Waals surface area contributed by atoms with E-state index < -0.39 is 10.0 Å². The van der Waals surface area contributed by atoms with E-state index in [4.69, 9.17) is 0 Å². The molecule has 0 atom stereocenters. The van der Waals surface area contributed by atoms with Gasteiger partial charge in [0.25, 0.3) is 0 Å². The van der Waals surface area contributed by atoms with Crippen LogP contribution in [0.15, 0.2) is 24.3 Å². The molecule has 0 heterocycles. The average molecular weight is 284 g/mol. The number of nitrogens with one attached hydrogen (secondary N) is 2. The van der Waals surface area contributed by atoms with Crippen molar-refractivity contribution in [3.05, 3.63) is 24.3 Å². The monoisotopic (exact) mass is 284 g/mol. The van der Waals surface area contributed by atoms with Crippen LogP contribution in [0, 0.1) is 5.92 Å². The van der Waals surface area contributed by atoms with Crippen LogP contribution >= 0.6 is 0 Å². The van der Waals surface area contributed by atoms with Crippen LogP contribution in [0.1, 0.15) is 26.7 Å². The minimum atomic E-state index is -3.36. The fourth-order valence-electron chi connectivity index (χ4n) is 1.51. The molecule has 0 unspecified atom stereocenters. The number of carbonyl (C=O) groups excluding carboxylic acids is 1. The second-order valence-corrected chi connectivity index (χ2v) is 6.65. The first kappa shape index (κ1) is 15.5. The third-order valence-electron chi connectivity index (χ3n) is 2.45. The summed E-state index contributed by atoms with van der Waals surface area (Å²) in [6, 6.07) is 6.72. The van der Waals surface area contributed by atoms with Crippen LogP contribution in [-0.4, -0.2) is 20.6 Å². The molecule has 1 aromatic carbocycles. The molecule has 0 aliphatic heterocycles. The Morgan fingerprint density at radius 1 is 1.21 bits per heavy atom. The minimum Gasteiger partial charge on any atom is -0.324 e. The van der Waals surface area contributed by atoms with Gasteiger partial charge in [0.05, 0.1) is 17.6 Å². The van der Waals surface area contributed by atoms with Crippen LogP contribution in [0.3, 0.4) is 0 Å². The maximum Gasteiger partial charge on any atom is 0.229 e. The Morgan fingerprint density at radius 2 is 1.79 bits per heavy atom. The lowest BCUT2D eigenvalue weighted by Crippen LogP contribution is -2.16. The first-order valence-electron chi connectivity index (χ1n) is 6.14. The predicted octanol–water partition coefficient (Wildman–Crippen LogP) is 2.43. The number of amides is 1. The molecule has 0 saturated heterocycles. The van der Waals surface area contributed by atoms with Crippen LogP contribution in [-0.2, 0) is 14.8 Å². The average Bonchev–Trinajstić information content (AvgIpc) is 2.27. The first-order chi connectivity index (χ1) is 8.78. The number of anilines is 2. The Labute approximate surface area is 114 Å². The molecular weight excluding hydrogens is 264 g/mol. The molecular formula is C13H20N2O3S. The highest BCUT2D eigenvalue weighted by atomic mass is 32.2. The van der Waals surface area contributed by atoms with Gasteiger partial charge in [-0.1, -0.05) is 26.0 Å². The molecule has 0 radical (unpaired) electrons. The summed E-state index contributed by atoms with van der Waals surface area (Å²) in [5.41, 5.74) is 0.851. The van der Waals surface area contributed by atoms with E-state index in [-0.39, 0.29) is 5.91 Å². The Kier molecular flexibility index (Phi) is 5.35. The molecule has 2 N–H and O–H groups in total. The number of sulfonamides is 1. The van der Waals surface area contributed by atoms with Gasteiger partial charge >= 0.3 is 0 Å². The predicted molar refractivity (Wildman–Crippen MR) is 77.6 cm³/mol. The van der Waals surface area contributed by atoms with Crippen molar-refractivity contribution in [2.75, 3.05) is 16.3 Å².